The molecule has 0 radical (unpaired) electrons. The topological polar surface area (TPSA) is 3.24 Å². The summed E-state index contributed by atoms with van der Waals surface area (Å²) < 4.78 is 12.9. The van der Waals surface area contributed by atoms with Gasteiger partial charge in [0.15, 0.2) is 0 Å². The first kappa shape index (κ1) is 13.8. The molecule has 1 nitrogen and oxygen atoms in total. The predicted octanol–water partition coefficient (Wildman–Crippen LogP) is 4.37. The predicted molar refractivity (Wildman–Crippen MR) is 74.5 cm³/mol. The first-order chi connectivity index (χ1) is 8.58. The zero-order valence-electron chi connectivity index (χ0n) is 11.1. The highest BCUT2D eigenvalue weighted by molar-refractivity contribution is 6.21. The van der Waals surface area contributed by atoms with E-state index >= 15 is 0 Å². The van der Waals surface area contributed by atoms with Crippen molar-refractivity contribution in [3.8, 4) is 0 Å². The molecule has 1 heterocycles. The molecular weight excluding hydrogens is 249 g/mol. The summed E-state index contributed by atoms with van der Waals surface area (Å²) in [7, 11) is 0. The standard InChI is InChI=1S/C15H21ClFN/c1-11-4-3-5-12(2)18(11)10-15(16)13-6-8-14(17)9-7-13/h6-9,11-12,15H,3-5,10H2,1-2H3. The Morgan fingerprint density at radius 1 is 1.22 bits per heavy atom. The molecule has 100 valence electrons. The van der Waals surface area contributed by atoms with Gasteiger partial charge in [-0.15, -0.1) is 11.6 Å². The van der Waals surface area contributed by atoms with Crippen molar-refractivity contribution in [2.45, 2.75) is 50.6 Å². The van der Waals surface area contributed by atoms with Gasteiger partial charge in [-0.2, -0.15) is 0 Å². The minimum Gasteiger partial charge on any atom is -0.296 e. The maximum Gasteiger partial charge on any atom is 0.123 e. The van der Waals surface area contributed by atoms with Gasteiger partial charge in [0.25, 0.3) is 0 Å². The summed E-state index contributed by atoms with van der Waals surface area (Å²) >= 11 is 6.46. The van der Waals surface area contributed by atoms with Crippen molar-refractivity contribution in [1.29, 1.82) is 0 Å². The van der Waals surface area contributed by atoms with E-state index in [2.05, 4.69) is 18.7 Å². The number of rotatable bonds is 3. The van der Waals surface area contributed by atoms with Crippen molar-refractivity contribution in [3.63, 3.8) is 0 Å². The molecule has 1 aromatic rings. The zero-order valence-corrected chi connectivity index (χ0v) is 11.8. The van der Waals surface area contributed by atoms with E-state index in [9.17, 15) is 4.39 Å². The number of nitrogens with zero attached hydrogens (tertiary/aromatic N) is 1. The number of likely N-dealkylation sites (tertiary alicyclic amines) is 1. The first-order valence-electron chi connectivity index (χ1n) is 6.73. The van der Waals surface area contributed by atoms with Gasteiger partial charge >= 0.3 is 0 Å². The molecule has 1 aliphatic heterocycles. The SMILES string of the molecule is CC1CCCC(C)N1CC(Cl)c1ccc(F)cc1. The summed E-state index contributed by atoms with van der Waals surface area (Å²) in [6.45, 7) is 5.38. The van der Waals surface area contributed by atoms with Crippen LogP contribution in [0.25, 0.3) is 0 Å². The molecule has 1 aliphatic rings. The molecule has 1 saturated heterocycles. The van der Waals surface area contributed by atoms with Gasteiger partial charge in [0.05, 0.1) is 5.38 Å². The van der Waals surface area contributed by atoms with Gasteiger partial charge in [-0.25, -0.2) is 4.39 Å². The average molecular weight is 270 g/mol. The highest BCUT2D eigenvalue weighted by atomic mass is 35.5. The Bertz CT molecular complexity index is 369. The van der Waals surface area contributed by atoms with Crippen LogP contribution >= 0.6 is 11.6 Å². The van der Waals surface area contributed by atoms with Gasteiger partial charge in [-0.05, 0) is 44.4 Å². The van der Waals surface area contributed by atoms with Crippen molar-refractivity contribution >= 4 is 11.6 Å². The Morgan fingerprint density at radius 2 is 1.78 bits per heavy atom. The Kier molecular flexibility index (Phi) is 4.63. The van der Waals surface area contributed by atoms with Gasteiger partial charge in [-0.1, -0.05) is 18.6 Å². The Balaban J connectivity index is 2.01. The molecule has 18 heavy (non-hydrogen) atoms. The lowest BCUT2D eigenvalue weighted by molar-refractivity contribution is 0.103. The molecular formula is C15H21ClFN. The third-order valence-electron chi connectivity index (χ3n) is 3.98. The van der Waals surface area contributed by atoms with Gasteiger partial charge in [0.2, 0.25) is 0 Å². The third kappa shape index (κ3) is 3.24. The summed E-state index contributed by atoms with van der Waals surface area (Å²) in [6, 6.07) is 7.71. The molecule has 0 bridgehead atoms. The molecule has 1 aromatic carbocycles. The van der Waals surface area contributed by atoms with Crippen LogP contribution in [-0.4, -0.2) is 23.5 Å². The van der Waals surface area contributed by atoms with Gasteiger partial charge < -0.3 is 0 Å². The number of alkyl halides is 1. The number of hydrogen-bond acceptors (Lipinski definition) is 1. The van der Waals surface area contributed by atoms with E-state index < -0.39 is 0 Å². The number of halogens is 2. The Hall–Kier alpha value is -0.600. The molecule has 0 spiro atoms. The van der Waals surface area contributed by atoms with E-state index in [1.807, 2.05) is 0 Å². The molecule has 0 aromatic heterocycles. The van der Waals surface area contributed by atoms with E-state index in [4.69, 9.17) is 11.6 Å². The van der Waals surface area contributed by atoms with E-state index in [1.54, 1.807) is 12.1 Å². The molecule has 0 saturated carbocycles. The lowest BCUT2D eigenvalue weighted by Gasteiger charge is -2.40. The second-order valence-corrected chi connectivity index (χ2v) is 5.87. The van der Waals surface area contributed by atoms with E-state index in [-0.39, 0.29) is 11.2 Å². The van der Waals surface area contributed by atoms with E-state index in [0.29, 0.717) is 12.1 Å². The van der Waals surface area contributed by atoms with Gasteiger partial charge in [-0.3, -0.25) is 4.90 Å². The lowest BCUT2D eigenvalue weighted by atomic mass is 9.97. The molecule has 0 aliphatic carbocycles. The molecule has 1 fully saturated rings. The Morgan fingerprint density at radius 3 is 2.33 bits per heavy atom. The maximum absolute atomic E-state index is 12.9. The van der Waals surface area contributed by atoms with Crippen LogP contribution < -0.4 is 0 Å². The van der Waals surface area contributed by atoms with Crippen LogP contribution in [0.5, 0.6) is 0 Å². The smallest absolute Gasteiger partial charge is 0.123 e. The summed E-state index contributed by atoms with van der Waals surface area (Å²) in [5, 5.41) is -0.0615. The highest BCUT2D eigenvalue weighted by Crippen LogP contribution is 2.28. The van der Waals surface area contributed by atoms with E-state index in [1.165, 1.54) is 31.4 Å². The summed E-state index contributed by atoms with van der Waals surface area (Å²) in [4.78, 5) is 2.48. The zero-order chi connectivity index (χ0) is 13.1. The van der Waals surface area contributed by atoms with E-state index in [0.717, 1.165) is 12.1 Å². The van der Waals surface area contributed by atoms with Crippen molar-refractivity contribution in [1.82, 2.24) is 4.90 Å². The first-order valence-corrected chi connectivity index (χ1v) is 7.17. The summed E-state index contributed by atoms with van der Waals surface area (Å²) in [5.74, 6) is -0.206. The van der Waals surface area contributed by atoms with Crippen molar-refractivity contribution in [3.05, 3.63) is 35.6 Å². The molecule has 3 atom stereocenters. The fraction of sp³-hybridized carbons (Fsp3) is 0.600. The fourth-order valence-electron chi connectivity index (χ4n) is 2.80. The molecule has 0 amide bonds. The second-order valence-electron chi connectivity index (χ2n) is 5.34. The van der Waals surface area contributed by atoms with Gasteiger partial charge in [0.1, 0.15) is 5.82 Å². The molecule has 2 rings (SSSR count). The second kappa shape index (κ2) is 6.03. The minimum atomic E-state index is -0.206. The Labute approximate surface area is 114 Å². The normalized spacial score (nSPS) is 27.1. The molecule has 3 unspecified atom stereocenters. The quantitative estimate of drug-likeness (QED) is 0.737. The molecule has 0 N–H and O–H groups in total. The van der Waals surface area contributed by atoms with Crippen molar-refractivity contribution in [2.24, 2.45) is 0 Å². The van der Waals surface area contributed by atoms with Crippen LogP contribution in [-0.2, 0) is 0 Å². The minimum absolute atomic E-state index is 0.0615. The van der Waals surface area contributed by atoms with Crippen molar-refractivity contribution < 1.29 is 4.39 Å². The monoisotopic (exact) mass is 269 g/mol. The van der Waals surface area contributed by atoms with Crippen LogP contribution in [0.2, 0.25) is 0 Å². The fourth-order valence-corrected chi connectivity index (χ4v) is 3.10. The van der Waals surface area contributed by atoms with Crippen molar-refractivity contribution in [2.75, 3.05) is 6.54 Å². The average Bonchev–Trinajstić information content (AvgIpc) is 2.34. The maximum atomic E-state index is 12.9. The largest absolute Gasteiger partial charge is 0.296 e. The van der Waals surface area contributed by atoms with Gasteiger partial charge in [0, 0.05) is 18.6 Å². The molecule has 3 heteroatoms. The highest BCUT2D eigenvalue weighted by Gasteiger charge is 2.26. The van der Waals surface area contributed by atoms with Crippen LogP contribution in [0.4, 0.5) is 4.39 Å². The summed E-state index contributed by atoms with van der Waals surface area (Å²) in [5.41, 5.74) is 1.00. The third-order valence-corrected chi connectivity index (χ3v) is 4.37. The van der Waals surface area contributed by atoms with Crippen LogP contribution in [0.1, 0.15) is 44.1 Å². The lowest BCUT2D eigenvalue weighted by Crippen LogP contribution is -2.45. The summed E-state index contributed by atoms with van der Waals surface area (Å²) in [6.07, 6.45) is 3.80. The number of piperidine rings is 1. The number of hydrogen-bond donors (Lipinski definition) is 0. The van der Waals surface area contributed by atoms with Crippen LogP contribution in [0.15, 0.2) is 24.3 Å². The number of benzene rings is 1. The van der Waals surface area contributed by atoms with Crippen LogP contribution in [0.3, 0.4) is 0 Å². The van der Waals surface area contributed by atoms with Crippen LogP contribution in [0, 0.1) is 5.82 Å².